The summed E-state index contributed by atoms with van der Waals surface area (Å²) in [5, 5.41) is 0. The van der Waals surface area contributed by atoms with E-state index >= 15 is 0 Å². The van der Waals surface area contributed by atoms with Crippen LogP contribution in [-0.2, 0) is 17.4 Å². The third-order valence-electron chi connectivity index (χ3n) is 6.75. The molecule has 0 saturated heterocycles. The first-order valence-corrected chi connectivity index (χ1v) is 9.00. The smallest absolute Gasteiger partial charge is 0 e. The Morgan fingerprint density at radius 2 is 0.400 bits per heavy atom. The molecule has 1 aliphatic rings. The maximum atomic E-state index is 2.21. The molecule has 0 aliphatic heterocycles. The van der Waals surface area contributed by atoms with Gasteiger partial charge in [-0.3, -0.25) is 0 Å². The predicted octanol–water partition coefficient (Wildman–Crippen LogP) is 7.10. The SMILES string of the molecule is C[C-]1[C-](C)[C-](C)[C-](C)[C-](C)[C-]1C.Cc1c(C)c(C)c(C)c(C)c1C.[Cr]. The average molecular weight is 377 g/mol. The molecule has 0 atom stereocenters. The fourth-order valence-electron chi connectivity index (χ4n) is 3.38. The summed E-state index contributed by atoms with van der Waals surface area (Å²) in [7, 11) is 0. The van der Waals surface area contributed by atoms with Gasteiger partial charge in [-0.25, -0.2) is 41.5 Å². The van der Waals surface area contributed by atoms with Crippen molar-refractivity contribution in [1.82, 2.24) is 0 Å². The van der Waals surface area contributed by atoms with Crippen LogP contribution < -0.4 is 0 Å². The molecule has 1 fully saturated rings. The standard InChI is InChI=1S/2C12H18.Cr/c2*1-7-8(2)10(4)12(6)11(5)9(7)3;/h2*1-6H3;/q;-6;. The van der Waals surface area contributed by atoms with Crippen LogP contribution in [0.25, 0.3) is 0 Å². The zero-order valence-corrected chi connectivity index (χ0v) is 19.7. The first-order chi connectivity index (χ1) is 10.9. The van der Waals surface area contributed by atoms with Crippen molar-refractivity contribution in [2.75, 3.05) is 0 Å². The van der Waals surface area contributed by atoms with Crippen LogP contribution in [0.5, 0.6) is 0 Å². The molecule has 1 aromatic carbocycles. The third kappa shape index (κ3) is 4.93. The van der Waals surface area contributed by atoms with Crippen LogP contribution in [0.3, 0.4) is 0 Å². The maximum absolute atomic E-state index is 2.21. The van der Waals surface area contributed by atoms with Gasteiger partial charge in [0.25, 0.3) is 0 Å². The molecule has 144 valence electrons. The molecule has 0 bridgehead atoms. The Morgan fingerprint density at radius 3 is 0.480 bits per heavy atom. The van der Waals surface area contributed by atoms with E-state index in [0.717, 1.165) is 0 Å². The van der Waals surface area contributed by atoms with Crippen LogP contribution in [0.2, 0.25) is 0 Å². The van der Waals surface area contributed by atoms with Gasteiger partial charge in [-0.15, -0.1) is 0 Å². The molecule has 25 heavy (non-hydrogen) atoms. The first kappa shape index (κ1) is 24.8. The molecule has 1 saturated carbocycles. The molecule has 2 rings (SSSR count). The van der Waals surface area contributed by atoms with Gasteiger partial charge in [0, 0.05) is 17.4 Å². The molecule has 0 N–H and O–H groups in total. The maximum Gasteiger partial charge on any atom is 0 e. The van der Waals surface area contributed by atoms with Gasteiger partial charge in [-0.05, 0) is 74.9 Å². The van der Waals surface area contributed by atoms with Gasteiger partial charge in [-0.1, -0.05) is 0 Å². The van der Waals surface area contributed by atoms with Crippen molar-refractivity contribution in [2.45, 2.75) is 83.1 Å². The molecule has 0 amide bonds. The Bertz CT molecular complexity index is 408. The fraction of sp³-hybridized carbons (Fsp3) is 0.500. The minimum Gasteiger partial charge on any atom is -0.708 e. The van der Waals surface area contributed by atoms with E-state index in [1.54, 1.807) is 0 Å². The normalized spacial score (nSPS) is 18.7. The third-order valence-corrected chi connectivity index (χ3v) is 6.75. The van der Waals surface area contributed by atoms with Gasteiger partial charge >= 0.3 is 0 Å². The molecular weight excluding hydrogens is 340 g/mol. The Hall–Kier alpha value is -0.248. The molecule has 0 spiro atoms. The van der Waals surface area contributed by atoms with Gasteiger partial charge in [-0.2, -0.15) is 0 Å². The number of hydrogen-bond acceptors (Lipinski definition) is 0. The van der Waals surface area contributed by atoms with E-state index in [9.17, 15) is 0 Å². The summed E-state index contributed by atoms with van der Waals surface area (Å²) in [6, 6.07) is 0. The van der Waals surface area contributed by atoms with Gasteiger partial charge in [0.2, 0.25) is 0 Å². The van der Waals surface area contributed by atoms with Crippen molar-refractivity contribution < 1.29 is 17.4 Å². The minimum absolute atomic E-state index is 0. The number of benzene rings is 1. The Balaban J connectivity index is 0.000000443. The number of hydrogen-bond donors (Lipinski definition) is 0. The number of rotatable bonds is 0. The summed E-state index contributed by atoms with van der Waals surface area (Å²) in [5.74, 6) is 8.73. The van der Waals surface area contributed by atoms with Crippen LogP contribution in [0.15, 0.2) is 0 Å². The largest absolute Gasteiger partial charge is 0.708 e. The van der Waals surface area contributed by atoms with Crippen LogP contribution in [-0.4, -0.2) is 0 Å². The van der Waals surface area contributed by atoms with Crippen LogP contribution in [0.4, 0.5) is 0 Å². The van der Waals surface area contributed by atoms with Gasteiger partial charge in [0.15, 0.2) is 0 Å². The molecule has 0 nitrogen and oxygen atoms in total. The van der Waals surface area contributed by atoms with Crippen molar-refractivity contribution in [1.29, 1.82) is 0 Å². The molecule has 0 heterocycles. The van der Waals surface area contributed by atoms with E-state index in [-0.39, 0.29) is 17.4 Å². The monoisotopic (exact) mass is 376 g/mol. The molecule has 0 aromatic heterocycles. The molecule has 0 unspecified atom stereocenters. The molecule has 1 aliphatic carbocycles. The summed E-state index contributed by atoms with van der Waals surface area (Å²) in [6.07, 6.45) is 0. The van der Waals surface area contributed by atoms with E-state index in [1.807, 2.05) is 0 Å². The first-order valence-electron chi connectivity index (χ1n) is 9.00. The summed E-state index contributed by atoms with van der Waals surface area (Å²) in [6.45, 7) is 26.5. The second-order valence-corrected chi connectivity index (χ2v) is 7.50. The molecule has 1 aromatic rings. The van der Waals surface area contributed by atoms with E-state index in [2.05, 4.69) is 83.1 Å². The van der Waals surface area contributed by atoms with Crippen molar-refractivity contribution in [3.05, 3.63) is 68.9 Å². The van der Waals surface area contributed by atoms with E-state index in [4.69, 9.17) is 0 Å². The Kier molecular flexibility index (Phi) is 9.52. The molecule has 1 heteroatoms. The average Bonchev–Trinajstić information content (AvgIpc) is 2.58. The van der Waals surface area contributed by atoms with E-state index in [0.29, 0.717) is 0 Å². The van der Waals surface area contributed by atoms with Crippen LogP contribution in [0.1, 0.15) is 74.9 Å². The second-order valence-electron chi connectivity index (χ2n) is 7.50. The zero-order valence-electron chi connectivity index (χ0n) is 18.4. The summed E-state index contributed by atoms with van der Waals surface area (Å²) < 4.78 is 0. The Labute approximate surface area is 169 Å². The fourth-order valence-corrected chi connectivity index (χ4v) is 3.38. The van der Waals surface area contributed by atoms with Crippen molar-refractivity contribution in [3.63, 3.8) is 0 Å². The summed E-state index contributed by atoms with van der Waals surface area (Å²) in [4.78, 5) is 0. The van der Waals surface area contributed by atoms with Crippen LogP contribution in [0, 0.1) is 77.0 Å². The molecule has 0 radical (unpaired) electrons. The van der Waals surface area contributed by atoms with Crippen molar-refractivity contribution >= 4 is 0 Å². The van der Waals surface area contributed by atoms with Crippen molar-refractivity contribution in [2.24, 2.45) is 0 Å². The molecular formula is C24H36Cr-6. The topological polar surface area (TPSA) is 0 Å². The zero-order chi connectivity index (χ0) is 18.9. The van der Waals surface area contributed by atoms with Gasteiger partial charge in [0.05, 0.1) is 0 Å². The minimum atomic E-state index is 0. The van der Waals surface area contributed by atoms with Crippen molar-refractivity contribution in [3.8, 4) is 0 Å². The second kappa shape index (κ2) is 9.62. The quantitative estimate of drug-likeness (QED) is 0.424. The summed E-state index contributed by atoms with van der Waals surface area (Å²) >= 11 is 0. The van der Waals surface area contributed by atoms with E-state index in [1.165, 1.54) is 68.9 Å². The van der Waals surface area contributed by atoms with Crippen LogP contribution >= 0.6 is 0 Å². The van der Waals surface area contributed by atoms with Gasteiger partial charge in [0.1, 0.15) is 0 Å². The summed E-state index contributed by atoms with van der Waals surface area (Å²) in [5.41, 5.74) is 8.73. The Morgan fingerprint density at radius 1 is 0.320 bits per heavy atom. The predicted molar refractivity (Wildman–Crippen MR) is 108 cm³/mol. The van der Waals surface area contributed by atoms with Gasteiger partial charge < -0.3 is 35.5 Å². The van der Waals surface area contributed by atoms with E-state index < -0.39 is 0 Å².